The van der Waals surface area contributed by atoms with E-state index >= 15 is 0 Å². The Labute approximate surface area is 102 Å². The number of carbonyl (C=O) groups excluding carboxylic acids is 1. The fourth-order valence-corrected chi connectivity index (χ4v) is 1.35. The summed E-state index contributed by atoms with van der Waals surface area (Å²) in [5.74, 6) is -0.971. The van der Waals surface area contributed by atoms with Crippen LogP contribution < -0.4 is 11.1 Å². The Bertz CT molecular complexity index is 234. The Morgan fingerprint density at radius 2 is 1.94 bits per heavy atom. The second-order valence-corrected chi connectivity index (χ2v) is 3.91. The second kappa shape index (κ2) is 10.0. The summed E-state index contributed by atoms with van der Waals surface area (Å²) in [7, 11) is 1.50. The number of rotatable bonds is 10. The third-order valence-electron chi connectivity index (χ3n) is 2.30. The zero-order chi connectivity index (χ0) is 13.1. The van der Waals surface area contributed by atoms with Gasteiger partial charge in [0, 0.05) is 20.1 Å². The van der Waals surface area contributed by atoms with Crippen molar-refractivity contribution in [3.05, 3.63) is 0 Å². The summed E-state index contributed by atoms with van der Waals surface area (Å²) in [6.45, 7) is 0.785. The van der Waals surface area contributed by atoms with E-state index < -0.39 is 12.0 Å². The van der Waals surface area contributed by atoms with E-state index in [0.717, 1.165) is 19.3 Å². The van der Waals surface area contributed by atoms with Gasteiger partial charge in [-0.15, -0.1) is 0 Å². The predicted molar refractivity (Wildman–Crippen MR) is 63.6 cm³/mol. The molecule has 0 bridgehead atoms. The molecule has 0 aliphatic carbocycles. The Morgan fingerprint density at radius 1 is 1.29 bits per heavy atom. The molecule has 0 aliphatic heterocycles. The average Bonchev–Trinajstić information content (AvgIpc) is 2.27. The third kappa shape index (κ3) is 9.77. The van der Waals surface area contributed by atoms with E-state index in [-0.39, 0.29) is 18.9 Å². The highest BCUT2D eigenvalue weighted by atomic mass is 16.5. The monoisotopic (exact) mass is 246 g/mol. The topological polar surface area (TPSA) is 102 Å². The number of nitrogens with one attached hydrogen (secondary N) is 1. The maximum atomic E-state index is 11.3. The molecule has 1 amide bonds. The SMILES string of the molecule is COCC(N)C(=O)NCCCCCCC(=O)O. The molecule has 0 radical (unpaired) electrons. The van der Waals surface area contributed by atoms with Crippen LogP contribution in [0, 0.1) is 0 Å². The lowest BCUT2D eigenvalue weighted by Gasteiger charge is -2.10. The maximum Gasteiger partial charge on any atom is 0.303 e. The molecular formula is C11H22N2O4. The molecule has 6 heteroatoms. The van der Waals surface area contributed by atoms with Crippen molar-refractivity contribution in [2.75, 3.05) is 20.3 Å². The molecular weight excluding hydrogens is 224 g/mol. The van der Waals surface area contributed by atoms with Crippen LogP contribution in [0.25, 0.3) is 0 Å². The van der Waals surface area contributed by atoms with Gasteiger partial charge in [-0.05, 0) is 12.8 Å². The van der Waals surface area contributed by atoms with Crippen LogP contribution in [0.1, 0.15) is 32.1 Å². The molecule has 0 saturated carbocycles. The summed E-state index contributed by atoms with van der Waals surface area (Å²) in [4.78, 5) is 21.5. The molecule has 0 saturated heterocycles. The molecule has 0 rings (SSSR count). The fourth-order valence-electron chi connectivity index (χ4n) is 1.35. The molecule has 4 N–H and O–H groups in total. The lowest BCUT2D eigenvalue weighted by molar-refractivity contribution is -0.137. The molecule has 0 fully saturated rings. The van der Waals surface area contributed by atoms with E-state index in [4.69, 9.17) is 15.6 Å². The minimum absolute atomic E-state index is 0.211. The van der Waals surface area contributed by atoms with E-state index in [0.29, 0.717) is 13.0 Å². The maximum absolute atomic E-state index is 11.3. The van der Waals surface area contributed by atoms with Crippen LogP contribution in [0.3, 0.4) is 0 Å². The number of ether oxygens (including phenoxy) is 1. The molecule has 1 unspecified atom stereocenters. The summed E-state index contributed by atoms with van der Waals surface area (Å²) in [5.41, 5.74) is 5.52. The van der Waals surface area contributed by atoms with Crippen LogP contribution in [0.4, 0.5) is 0 Å². The lowest BCUT2D eigenvalue weighted by Crippen LogP contribution is -2.43. The summed E-state index contributed by atoms with van der Waals surface area (Å²) in [6, 6.07) is -0.619. The number of aliphatic carboxylic acids is 1. The van der Waals surface area contributed by atoms with Crippen molar-refractivity contribution >= 4 is 11.9 Å². The Morgan fingerprint density at radius 3 is 2.53 bits per heavy atom. The number of carboxylic acids is 1. The van der Waals surface area contributed by atoms with Gasteiger partial charge in [-0.1, -0.05) is 12.8 Å². The van der Waals surface area contributed by atoms with Gasteiger partial charge in [-0.2, -0.15) is 0 Å². The van der Waals surface area contributed by atoms with Crippen LogP contribution >= 0.6 is 0 Å². The Balaban J connectivity index is 3.33. The molecule has 0 heterocycles. The molecule has 17 heavy (non-hydrogen) atoms. The van der Waals surface area contributed by atoms with Gasteiger partial charge in [0.1, 0.15) is 6.04 Å². The number of carbonyl (C=O) groups is 2. The van der Waals surface area contributed by atoms with Crippen molar-refractivity contribution in [2.24, 2.45) is 5.73 Å². The molecule has 1 atom stereocenters. The van der Waals surface area contributed by atoms with Crippen LogP contribution in [0.5, 0.6) is 0 Å². The summed E-state index contributed by atoms with van der Waals surface area (Å²) >= 11 is 0. The highest BCUT2D eigenvalue weighted by Crippen LogP contribution is 2.02. The van der Waals surface area contributed by atoms with E-state index in [1.54, 1.807) is 0 Å². The molecule has 0 aromatic carbocycles. The van der Waals surface area contributed by atoms with Crippen LogP contribution in [0.2, 0.25) is 0 Å². The number of hydrogen-bond donors (Lipinski definition) is 3. The minimum atomic E-state index is -0.760. The second-order valence-electron chi connectivity index (χ2n) is 3.91. The Hall–Kier alpha value is -1.14. The summed E-state index contributed by atoms with van der Waals surface area (Å²) < 4.78 is 4.77. The van der Waals surface area contributed by atoms with Crippen molar-refractivity contribution in [3.63, 3.8) is 0 Å². The molecule has 0 aromatic rings. The Kier molecular flexibility index (Phi) is 9.37. The van der Waals surface area contributed by atoms with Crippen molar-refractivity contribution in [3.8, 4) is 0 Å². The lowest BCUT2D eigenvalue weighted by atomic mass is 10.1. The largest absolute Gasteiger partial charge is 0.481 e. The molecule has 0 aliphatic rings. The van der Waals surface area contributed by atoms with Crippen molar-refractivity contribution in [1.29, 1.82) is 0 Å². The summed E-state index contributed by atoms with van der Waals surface area (Å²) in [6.07, 6.45) is 3.52. The standard InChI is InChI=1S/C11H22N2O4/c1-17-8-9(12)11(16)13-7-5-3-2-4-6-10(14)15/h9H,2-8,12H2,1H3,(H,13,16)(H,14,15). The van der Waals surface area contributed by atoms with Crippen LogP contribution in [-0.2, 0) is 14.3 Å². The smallest absolute Gasteiger partial charge is 0.303 e. The minimum Gasteiger partial charge on any atom is -0.481 e. The van der Waals surface area contributed by atoms with Crippen LogP contribution in [0.15, 0.2) is 0 Å². The molecule has 0 aromatic heterocycles. The van der Waals surface area contributed by atoms with Crippen molar-refractivity contribution < 1.29 is 19.4 Å². The number of methoxy groups -OCH3 is 1. The van der Waals surface area contributed by atoms with Gasteiger partial charge in [0.2, 0.25) is 5.91 Å². The van der Waals surface area contributed by atoms with Gasteiger partial charge < -0.3 is 20.9 Å². The first kappa shape index (κ1) is 15.9. The number of unbranched alkanes of at least 4 members (excludes halogenated alkanes) is 3. The fraction of sp³-hybridized carbons (Fsp3) is 0.818. The van der Waals surface area contributed by atoms with Gasteiger partial charge >= 0.3 is 5.97 Å². The van der Waals surface area contributed by atoms with Crippen molar-refractivity contribution in [1.82, 2.24) is 5.32 Å². The van der Waals surface area contributed by atoms with Gasteiger partial charge in [-0.25, -0.2) is 0 Å². The third-order valence-corrected chi connectivity index (χ3v) is 2.30. The first-order valence-electron chi connectivity index (χ1n) is 5.82. The van der Waals surface area contributed by atoms with Crippen molar-refractivity contribution in [2.45, 2.75) is 38.1 Å². The first-order valence-corrected chi connectivity index (χ1v) is 5.82. The summed E-state index contributed by atoms with van der Waals surface area (Å²) in [5, 5.41) is 11.1. The number of amides is 1. The van der Waals surface area contributed by atoms with E-state index in [1.165, 1.54) is 7.11 Å². The zero-order valence-corrected chi connectivity index (χ0v) is 10.3. The van der Waals surface area contributed by atoms with Gasteiger partial charge in [0.25, 0.3) is 0 Å². The van der Waals surface area contributed by atoms with E-state index in [2.05, 4.69) is 5.32 Å². The normalized spacial score (nSPS) is 12.1. The molecule has 100 valence electrons. The average molecular weight is 246 g/mol. The number of hydrogen-bond acceptors (Lipinski definition) is 4. The highest BCUT2D eigenvalue weighted by Gasteiger charge is 2.11. The van der Waals surface area contributed by atoms with Gasteiger partial charge in [-0.3, -0.25) is 9.59 Å². The van der Waals surface area contributed by atoms with Crippen LogP contribution in [-0.4, -0.2) is 43.3 Å². The zero-order valence-electron chi connectivity index (χ0n) is 10.3. The van der Waals surface area contributed by atoms with E-state index in [1.807, 2.05) is 0 Å². The molecule has 6 nitrogen and oxygen atoms in total. The number of carboxylic acid groups (broad SMARTS) is 1. The highest BCUT2D eigenvalue weighted by molar-refractivity contribution is 5.81. The quantitative estimate of drug-likeness (QED) is 0.475. The van der Waals surface area contributed by atoms with Gasteiger partial charge in [0.05, 0.1) is 6.61 Å². The number of nitrogens with two attached hydrogens (primary N) is 1. The van der Waals surface area contributed by atoms with Gasteiger partial charge in [0.15, 0.2) is 0 Å². The molecule has 0 spiro atoms. The first-order chi connectivity index (χ1) is 8.07. The predicted octanol–water partition coefficient (Wildman–Crippen LogP) is 0.111. The van der Waals surface area contributed by atoms with E-state index in [9.17, 15) is 9.59 Å².